The number of hydrogen-bond acceptors (Lipinski definition) is 3. The summed E-state index contributed by atoms with van der Waals surface area (Å²) in [6.45, 7) is 5.65. The number of ether oxygens (including phenoxy) is 1. The number of carbonyl (C=O) groups is 2. The van der Waals surface area contributed by atoms with E-state index < -0.39 is 12.6 Å². The Morgan fingerprint density at radius 2 is 1.75 bits per heavy atom. The third-order valence-corrected chi connectivity index (χ3v) is 3.60. The molecule has 2 rings (SSSR count). The number of aliphatic carboxylic acids is 1. The fourth-order valence-corrected chi connectivity index (χ4v) is 2.55. The van der Waals surface area contributed by atoms with E-state index in [1.165, 1.54) is 0 Å². The number of amides is 1. The van der Waals surface area contributed by atoms with Crippen molar-refractivity contribution in [2.24, 2.45) is 0 Å². The molecule has 0 aliphatic rings. The molecule has 5 nitrogen and oxygen atoms in total. The summed E-state index contributed by atoms with van der Waals surface area (Å²) in [5.41, 5.74) is 4.18. The minimum Gasteiger partial charge on any atom is -0.481 e. The molecule has 0 saturated heterocycles. The number of carboxylic acids is 1. The van der Waals surface area contributed by atoms with E-state index in [1.54, 1.807) is 26.0 Å². The van der Waals surface area contributed by atoms with Crippen molar-refractivity contribution in [3.05, 3.63) is 64.2 Å². The molecular formula is C19H21NO4. The zero-order valence-corrected chi connectivity index (χ0v) is 14.1. The van der Waals surface area contributed by atoms with Crippen LogP contribution in [0, 0.1) is 20.8 Å². The van der Waals surface area contributed by atoms with E-state index in [9.17, 15) is 9.59 Å². The van der Waals surface area contributed by atoms with Crippen molar-refractivity contribution in [2.45, 2.75) is 27.3 Å². The second-order valence-corrected chi connectivity index (χ2v) is 5.79. The van der Waals surface area contributed by atoms with Gasteiger partial charge in [-0.1, -0.05) is 29.8 Å². The van der Waals surface area contributed by atoms with Crippen LogP contribution in [0.25, 0.3) is 0 Å². The standard InChI is InChI=1S/C19H21NO4/c1-12-5-4-6-15(7-12)10-20-19(23)16-8-13(2)18(14(3)9-16)24-11-17(21)22/h4-9H,10-11H2,1-3H3,(H,20,23)(H,21,22). The molecule has 5 heteroatoms. The van der Waals surface area contributed by atoms with Crippen molar-refractivity contribution >= 4 is 11.9 Å². The Balaban J connectivity index is 2.08. The van der Waals surface area contributed by atoms with E-state index in [0.717, 1.165) is 22.3 Å². The Labute approximate surface area is 141 Å². The molecule has 0 aliphatic heterocycles. The highest BCUT2D eigenvalue weighted by Crippen LogP contribution is 2.25. The molecule has 0 saturated carbocycles. The molecule has 0 aliphatic carbocycles. The first-order valence-electron chi connectivity index (χ1n) is 7.66. The number of carboxylic acid groups (broad SMARTS) is 1. The smallest absolute Gasteiger partial charge is 0.341 e. The molecule has 0 atom stereocenters. The number of nitrogens with one attached hydrogen (secondary N) is 1. The molecule has 0 fully saturated rings. The lowest BCUT2D eigenvalue weighted by Gasteiger charge is -2.13. The van der Waals surface area contributed by atoms with Crippen LogP contribution in [0.1, 0.15) is 32.6 Å². The zero-order valence-electron chi connectivity index (χ0n) is 14.1. The molecular weight excluding hydrogens is 306 g/mol. The van der Waals surface area contributed by atoms with Crippen LogP contribution in [-0.2, 0) is 11.3 Å². The van der Waals surface area contributed by atoms with Gasteiger partial charge in [-0.15, -0.1) is 0 Å². The van der Waals surface area contributed by atoms with Crippen molar-refractivity contribution in [3.8, 4) is 5.75 Å². The van der Waals surface area contributed by atoms with Crippen molar-refractivity contribution in [2.75, 3.05) is 6.61 Å². The van der Waals surface area contributed by atoms with Gasteiger partial charge in [0.2, 0.25) is 0 Å². The molecule has 0 heterocycles. The summed E-state index contributed by atoms with van der Waals surface area (Å²) in [5.74, 6) is -0.700. The molecule has 0 bridgehead atoms. The Morgan fingerprint density at radius 1 is 1.08 bits per heavy atom. The minimum atomic E-state index is -1.03. The average molecular weight is 327 g/mol. The molecule has 0 unspecified atom stereocenters. The average Bonchev–Trinajstić information content (AvgIpc) is 2.51. The van der Waals surface area contributed by atoms with Gasteiger partial charge in [0.15, 0.2) is 6.61 Å². The summed E-state index contributed by atoms with van der Waals surface area (Å²) in [6, 6.07) is 11.4. The second-order valence-electron chi connectivity index (χ2n) is 5.79. The molecule has 2 aromatic rings. The lowest BCUT2D eigenvalue weighted by molar-refractivity contribution is -0.139. The molecule has 1 amide bonds. The van der Waals surface area contributed by atoms with Crippen molar-refractivity contribution < 1.29 is 19.4 Å². The summed E-state index contributed by atoms with van der Waals surface area (Å²) < 4.78 is 5.27. The molecule has 126 valence electrons. The fourth-order valence-electron chi connectivity index (χ4n) is 2.55. The first-order valence-corrected chi connectivity index (χ1v) is 7.66. The third kappa shape index (κ3) is 4.59. The summed E-state index contributed by atoms with van der Waals surface area (Å²) in [5, 5.41) is 11.6. The molecule has 2 aromatic carbocycles. The zero-order chi connectivity index (χ0) is 17.7. The van der Waals surface area contributed by atoms with Crippen LogP contribution in [-0.4, -0.2) is 23.6 Å². The second kappa shape index (κ2) is 7.64. The van der Waals surface area contributed by atoms with Crippen LogP contribution in [0.15, 0.2) is 36.4 Å². The molecule has 0 radical (unpaired) electrons. The van der Waals surface area contributed by atoms with Gasteiger partial charge in [-0.3, -0.25) is 4.79 Å². The summed E-state index contributed by atoms with van der Waals surface area (Å²) >= 11 is 0. The van der Waals surface area contributed by atoms with Crippen LogP contribution >= 0.6 is 0 Å². The lowest BCUT2D eigenvalue weighted by atomic mass is 10.0. The molecule has 24 heavy (non-hydrogen) atoms. The summed E-state index contributed by atoms with van der Waals surface area (Å²) in [4.78, 5) is 23.0. The number of rotatable bonds is 6. The minimum absolute atomic E-state index is 0.174. The van der Waals surface area contributed by atoms with Gasteiger partial charge in [-0.05, 0) is 49.6 Å². The van der Waals surface area contributed by atoms with Crippen molar-refractivity contribution in [1.82, 2.24) is 5.32 Å². The van der Waals surface area contributed by atoms with Crippen LogP contribution < -0.4 is 10.1 Å². The lowest BCUT2D eigenvalue weighted by Crippen LogP contribution is -2.23. The van der Waals surface area contributed by atoms with E-state index in [-0.39, 0.29) is 5.91 Å². The van der Waals surface area contributed by atoms with Crippen LogP contribution in [0.3, 0.4) is 0 Å². The van der Waals surface area contributed by atoms with Crippen LogP contribution in [0.2, 0.25) is 0 Å². The predicted molar refractivity (Wildman–Crippen MR) is 91.4 cm³/mol. The van der Waals surface area contributed by atoms with Gasteiger partial charge >= 0.3 is 5.97 Å². The largest absolute Gasteiger partial charge is 0.481 e. The van der Waals surface area contributed by atoms with E-state index in [2.05, 4.69) is 5.32 Å². The van der Waals surface area contributed by atoms with Crippen LogP contribution in [0.5, 0.6) is 5.75 Å². The highest BCUT2D eigenvalue weighted by atomic mass is 16.5. The Bertz CT molecular complexity index is 745. The Hall–Kier alpha value is -2.82. The normalized spacial score (nSPS) is 10.3. The van der Waals surface area contributed by atoms with Crippen LogP contribution in [0.4, 0.5) is 0 Å². The quantitative estimate of drug-likeness (QED) is 0.855. The maximum absolute atomic E-state index is 12.3. The van der Waals surface area contributed by atoms with Crippen molar-refractivity contribution in [3.63, 3.8) is 0 Å². The fraction of sp³-hybridized carbons (Fsp3) is 0.263. The van der Waals surface area contributed by atoms with E-state index in [4.69, 9.17) is 9.84 Å². The highest BCUT2D eigenvalue weighted by Gasteiger charge is 2.12. The van der Waals surface area contributed by atoms with Gasteiger partial charge in [0.05, 0.1) is 0 Å². The highest BCUT2D eigenvalue weighted by molar-refractivity contribution is 5.94. The van der Waals surface area contributed by atoms with Gasteiger partial charge in [0, 0.05) is 12.1 Å². The summed E-state index contributed by atoms with van der Waals surface area (Å²) in [6.07, 6.45) is 0. The summed E-state index contributed by atoms with van der Waals surface area (Å²) in [7, 11) is 0. The number of benzene rings is 2. The van der Waals surface area contributed by atoms with Gasteiger partial charge in [-0.2, -0.15) is 0 Å². The monoisotopic (exact) mass is 327 g/mol. The topological polar surface area (TPSA) is 75.6 Å². The maximum Gasteiger partial charge on any atom is 0.341 e. The van der Waals surface area contributed by atoms with E-state index in [1.807, 2.05) is 31.2 Å². The molecule has 0 spiro atoms. The van der Waals surface area contributed by atoms with Gasteiger partial charge in [0.25, 0.3) is 5.91 Å². The van der Waals surface area contributed by atoms with E-state index >= 15 is 0 Å². The van der Waals surface area contributed by atoms with Crippen molar-refractivity contribution in [1.29, 1.82) is 0 Å². The SMILES string of the molecule is Cc1cccc(CNC(=O)c2cc(C)c(OCC(=O)O)c(C)c2)c1. The number of carbonyl (C=O) groups excluding carboxylic acids is 1. The van der Waals surface area contributed by atoms with Gasteiger partial charge in [0.1, 0.15) is 5.75 Å². The van der Waals surface area contributed by atoms with Gasteiger partial charge < -0.3 is 15.2 Å². The molecule has 2 N–H and O–H groups in total. The third-order valence-electron chi connectivity index (χ3n) is 3.60. The van der Waals surface area contributed by atoms with Gasteiger partial charge in [-0.25, -0.2) is 4.79 Å². The van der Waals surface area contributed by atoms with E-state index in [0.29, 0.717) is 17.9 Å². The predicted octanol–water partition coefficient (Wildman–Crippen LogP) is 3.01. The number of hydrogen-bond donors (Lipinski definition) is 2. The molecule has 0 aromatic heterocycles. The Morgan fingerprint density at radius 3 is 2.33 bits per heavy atom. The number of aryl methyl sites for hydroxylation is 3. The first kappa shape index (κ1) is 17.5. The Kier molecular flexibility index (Phi) is 5.58. The first-order chi connectivity index (χ1) is 11.4. The maximum atomic E-state index is 12.3.